The summed E-state index contributed by atoms with van der Waals surface area (Å²) in [7, 11) is -0.195. The molecule has 0 heterocycles. The van der Waals surface area contributed by atoms with E-state index in [1.54, 1.807) is 32.9 Å². The van der Waals surface area contributed by atoms with Crippen molar-refractivity contribution >= 4 is 20.0 Å². The maximum atomic E-state index is 12.5. The van der Waals surface area contributed by atoms with Crippen LogP contribution in [-0.2, 0) is 9.36 Å². The second kappa shape index (κ2) is 6.21. The third kappa shape index (κ3) is 3.57. The van der Waals surface area contributed by atoms with Gasteiger partial charge in [-0.2, -0.15) is 0 Å². The van der Waals surface area contributed by atoms with E-state index >= 15 is 0 Å². The molecule has 1 aromatic rings. The van der Waals surface area contributed by atoms with E-state index in [1.807, 2.05) is 19.1 Å². The summed E-state index contributed by atoms with van der Waals surface area (Å²) in [5.74, 6) is -0.666. The summed E-state index contributed by atoms with van der Waals surface area (Å²) < 4.78 is 10.5. The molecule has 0 fully saturated rings. The van der Waals surface area contributed by atoms with Crippen LogP contribution in [0.25, 0.3) is 0 Å². The van der Waals surface area contributed by atoms with Gasteiger partial charge < -0.3 is 0 Å². The summed E-state index contributed by atoms with van der Waals surface area (Å²) in [6.45, 7) is 7.21. The number of Topliss-reactive ketones (excluding diaryl/α,β-unsaturated/α-hetero) is 2. The van der Waals surface area contributed by atoms with Crippen LogP contribution in [0.4, 0.5) is 0 Å². The SMILES string of the molecule is Cc1ccc(C(=O)C(C)(C)C(C)C(=O)CP=O)cc1. The number of hydrogen-bond donors (Lipinski definition) is 0. The van der Waals surface area contributed by atoms with Gasteiger partial charge in [-0.3, -0.25) is 14.2 Å². The highest BCUT2D eigenvalue weighted by Crippen LogP contribution is 2.32. The van der Waals surface area contributed by atoms with E-state index in [4.69, 9.17) is 0 Å². The van der Waals surface area contributed by atoms with Crippen molar-refractivity contribution in [1.29, 1.82) is 0 Å². The molecule has 1 aromatic carbocycles. The minimum Gasteiger partial charge on any atom is -0.299 e. The predicted molar refractivity (Wildman–Crippen MR) is 75.9 cm³/mol. The molecule has 19 heavy (non-hydrogen) atoms. The minimum atomic E-state index is -0.795. The fourth-order valence-electron chi connectivity index (χ4n) is 1.88. The second-order valence-corrected chi connectivity index (χ2v) is 5.97. The molecule has 1 rings (SSSR count). The molecule has 1 atom stereocenters. The van der Waals surface area contributed by atoms with Crippen molar-refractivity contribution in [2.75, 3.05) is 6.16 Å². The van der Waals surface area contributed by atoms with Gasteiger partial charge >= 0.3 is 0 Å². The van der Waals surface area contributed by atoms with Gasteiger partial charge in [0.1, 0.15) is 5.78 Å². The van der Waals surface area contributed by atoms with Gasteiger partial charge in [0.15, 0.2) is 14.2 Å². The Balaban J connectivity index is 2.98. The van der Waals surface area contributed by atoms with Crippen LogP contribution in [0.3, 0.4) is 0 Å². The van der Waals surface area contributed by atoms with Crippen LogP contribution in [0.2, 0.25) is 0 Å². The molecule has 0 spiro atoms. The zero-order valence-corrected chi connectivity index (χ0v) is 12.7. The first-order valence-corrected chi connectivity index (χ1v) is 7.23. The number of carbonyl (C=O) groups excluding carboxylic acids is 2. The van der Waals surface area contributed by atoms with E-state index < -0.39 is 11.3 Å². The Hall–Kier alpha value is -1.34. The summed E-state index contributed by atoms with van der Waals surface area (Å²) >= 11 is 0. The lowest BCUT2D eigenvalue weighted by Crippen LogP contribution is -2.36. The maximum absolute atomic E-state index is 12.5. The Morgan fingerprint density at radius 3 is 2.21 bits per heavy atom. The molecule has 0 N–H and O–H groups in total. The monoisotopic (exact) mass is 278 g/mol. The molecular formula is C15H19O3P. The van der Waals surface area contributed by atoms with Crippen LogP contribution in [0.1, 0.15) is 36.7 Å². The molecule has 1 unspecified atom stereocenters. The van der Waals surface area contributed by atoms with Crippen LogP contribution in [0.15, 0.2) is 24.3 Å². The smallest absolute Gasteiger partial charge is 0.169 e. The summed E-state index contributed by atoms with van der Waals surface area (Å²) in [6, 6.07) is 7.32. The van der Waals surface area contributed by atoms with Gasteiger partial charge in [0.25, 0.3) is 0 Å². The number of rotatable bonds is 6. The minimum absolute atomic E-state index is 0.0359. The van der Waals surface area contributed by atoms with Gasteiger partial charge in [-0.15, -0.1) is 0 Å². The van der Waals surface area contributed by atoms with Crippen molar-refractivity contribution in [2.45, 2.75) is 27.7 Å². The molecule has 0 bridgehead atoms. The predicted octanol–water partition coefficient (Wildman–Crippen LogP) is 3.70. The maximum Gasteiger partial charge on any atom is 0.169 e. The number of carbonyl (C=O) groups is 2. The first-order valence-electron chi connectivity index (χ1n) is 6.24. The van der Waals surface area contributed by atoms with Crippen LogP contribution in [0.5, 0.6) is 0 Å². The molecule has 0 amide bonds. The van der Waals surface area contributed by atoms with Crippen molar-refractivity contribution in [2.24, 2.45) is 11.3 Å². The average molecular weight is 278 g/mol. The lowest BCUT2D eigenvalue weighted by molar-refractivity contribution is -0.122. The molecule has 0 aliphatic heterocycles. The summed E-state index contributed by atoms with van der Waals surface area (Å²) in [5, 5.41) is 0. The molecule has 0 radical (unpaired) electrons. The lowest BCUT2D eigenvalue weighted by Gasteiger charge is -2.29. The molecule has 4 heteroatoms. The Kier molecular flexibility index (Phi) is 5.13. The van der Waals surface area contributed by atoms with Crippen molar-refractivity contribution < 1.29 is 14.2 Å². The zero-order chi connectivity index (χ0) is 14.6. The van der Waals surface area contributed by atoms with Gasteiger partial charge in [0.05, 0.1) is 6.16 Å². The van der Waals surface area contributed by atoms with Gasteiger partial charge in [-0.05, 0) is 6.92 Å². The normalized spacial score (nSPS) is 13.3. The first kappa shape index (κ1) is 15.7. The van der Waals surface area contributed by atoms with E-state index in [1.165, 1.54) is 0 Å². The standard InChI is InChI=1S/C15H19O3P/c1-10-5-7-12(8-6-10)14(17)15(3,4)11(2)13(16)9-19-18/h5-8,11H,9H2,1-4H3. The van der Waals surface area contributed by atoms with Crippen molar-refractivity contribution in [3.05, 3.63) is 35.4 Å². The Morgan fingerprint density at radius 2 is 1.74 bits per heavy atom. The fraction of sp³-hybridized carbons (Fsp3) is 0.467. The lowest BCUT2D eigenvalue weighted by atomic mass is 9.72. The van der Waals surface area contributed by atoms with E-state index in [-0.39, 0.29) is 26.2 Å². The van der Waals surface area contributed by atoms with Crippen molar-refractivity contribution in [3.63, 3.8) is 0 Å². The van der Waals surface area contributed by atoms with Crippen LogP contribution < -0.4 is 0 Å². The number of benzene rings is 1. The molecule has 0 saturated heterocycles. The van der Waals surface area contributed by atoms with E-state index in [9.17, 15) is 14.2 Å². The molecule has 3 nitrogen and oxygen atoms in total. The molecule has 0 saturated carbocycles. The van der Waals surface area contributed by atoms with Crippen molar-refractivity contribution in [1.82, 2.24) is 0 Å². The van der Waals surface area contributed by atoms with Gasteiger partial charge in [0, 0.05) is 16.9 Å². The Morgan fingerprint density at radius 1 is 1.21 bits per heavy atom. The Labute approximate surface area is 115 Å². The van der Waals surface area contributed by atoms with Gasteiger partial charge in [-0.25, -0.2) is 0 Å². The van der Waals surface area contributed by atoms with E-state index in [0.29, 0.717) is 5.56 Å². The van der Waals surface area contributed by atoms with E-state index in [0.717, 1.165) is 5.56 Å². The second-order valence-electron chi connectivity index (χ2n) is 5.39. The Bertz CT molecular complexity index is 489. The van der Waals surface area contributed by atoms with E-state index in [2.05, 4.69) is 0 Å². The average Bonchev–Trinajstić information content (AvgIpc) is 2.38. The van der Waals surface area contributed by atoms with Crippen molar-refractivity contribution in [3.8, 4) is 0 Å². The number of aryl methyl sites for hydroxylation is 1. The summed E-state index contributed by atoms with van der Waals surface area (Å²) in [5.41, 5.74) is 0.898. The molecule has 0 aromatic heterocycles. The fourth-order valence-corrected chi connectivity index (χ4v) is 2.28. The van der Waals surface area contributed by atoms with Crippen LogP contribution >= 0.6 is 8.46 Å². The number of ketones is 2. The first-order chi connectivity index (χ1) is 8.80. The highest BCUT2D eigenvalue weighted by molar-refractivity contribution is 7.25. The molecular weight excluding hydrogens is 259 g/mol. The van der Waals surface area contributed by atoms with Crippen LogP contribution in [-0.4, -0.2) is 17.7 Å². The summed E-state index contributed by atoms with van der Waals surface area (Å²) in [4.78, 5) is 24.3. The highest BCUT2D eigenvalue weighted by Gasteiger charge is 2.38. The highest BCUT2D eigenvalue weighted by atomic mass is 31.1. The molecule has 102 valence electrons. The van der Waals surface area contributed by atoms with Gasteiger partial charge in [-0.1, -0.05) is 50.6 Å². The number of hydrogen-bond acceptors (Lipinski definition) is 3. The quantitative estimate of drug-likeness (QED) is 0.589. The third-order valence-electron chi connectivity index (χ3n) is 3.68. The zero-order valence-electron chi connectivity index (χ0n) is 11.8. The molecule has 0 aliphatic carbocycles. The summed E-state index contributed by atoms with van der Waals surface area (Å²) in [6.07, 6.45) is -0.0359. The topological polar surface area (TPSA) is 51.2 Å². The third-order valence-corrected chi connectivity index (χ3v) is 4.13. The van der Waals surface area contributed by atoms with Crippen LogP contribution in [0, 0.1) is 18.3 Å². The van der Waals surface area contributed by atoms with Gasteiger partial charge in [0.2, 0.25) is 0 Å². The largest absolute Gasteiger partial charge is 0.299 e. The molecule has 0 aliphatic rings.